The first-order chi connectivity index (χ1) is 8.67. The maximum absolute atomic E-state index is 11.6. The first kappa shape index (κ1) is 14.5. The normalized spacial score (nSPS) is 10.2. The molecular formula is C14H20O4. The van der Waals surface area contributed by atoms with Crippen molar-refractivity contribution in [3.8, 4) is 11.5 Å². The number of benzene rings is 1. The second-order valence-corrected chi connectivity index (χ2v) is 3.93. The van der Waals surface area contributed by atoms with Crippen LogP contribution in [0.3, 0.4) is 0 Å². The molecule has 0 spiro atoms. The first-order valence-electron chi connectivity index (χ1n) is 6.10. The highest BCUT2D eigenvalue weighted by molar-refractivity contribution is 5.73. The molecule has 0 radical (unpaired) electrons. The molecule has 0 aliphatic rings. The summed E-state index contributed by atoms with van der Waals surface area (Å²) in [5.74, 6) is 0.773. The number of carbonyl (C=O) groups excluding carboxylic acids is 1. The predicted octanol–water partition coefficient (Wildman–Crippen LogP) is 2.73. The molecular weight excluding hydrogens is 232 g/mol. The molecule has 1 rings (SSSR count). The summed E-state index contributed by atoms with van der Waals surface area (Å²) in [5, 5.41) is 0. The van der Waals surface area contributed by atoms with Gasteiger partial charge in [0.1, 0.15) is 0 Å². The topological polar surface area (TPSA) is 44.8 Å². The average molecular weight is 252 g/mol. The summed E-state index contributed by atoms with van der Waals surface area (Å²) in [6.45, 7) is 5.13. The van der Waals surface area contributed by atoms with E-state index in [9.17, 15) is 4.79 Å². The van der Waals surface area contributed by atoms with Gasteiger partial charge in [0, 0.05) is 19.6 Å². The minimum Gasteiger partial charge on any atom is -0.493 e. The lowest BCUT2D eigenvalue weighted by molar-refractivity contribution is -0.134. The Morgan fingerprint density at radius 2 is 2.06 bits per heavy atom. The Kier molecular flexibility index (Phi) is 6.22. The molecule has 100 valence electrons. The van der Waals surface area contributed by atoms with Gasteiger partial charge in [0.25, 0.3) is 0 Å². The average Bonchev–Trinajstić information content (AvgIpc) is 2.37. The van der Waals surface area contributed by atoms with E-state index >= 15 is 0 Å². The fraction of sp³-hybridized carbons (Fsp3) is 0.500. The van der Waals surface area contributed by atoms with Crippen molar-refractivity contribution in [3.63, 3.8) is 0 Å². The highest BCUT2D eigenvalue weighted by atomic mass is 16.6. The first-order valence-corrected chi connectivity index (χ1v) is 6.10. The summed E-state index contributed by atoms with van der Waals surface area (Å²) >= 11 is 0. The molecule has 0 aliphatic carbocycles. The van der Waals surface area contributed by atoms with Crippen molar-refractivity contribution in [2.24, 2.45) is 0 Å². The summed E-state index contributed by atoms with van der Waals surface area (Å²) < 4.78 is 15.6. The van der Waals surface area contributed by atoms with Gasteiger partial charge in [-0.15, -0.1) is 0 Å². The van der Waals surface area contributed by atoms with Crippen molar-refractivity contribution in [1.29, 1.82) is 0 Å². The second-order valence-electron chi connectivity index (χ2n) is 3.93. The fourth-order valence-corrected chi connectivity index (χ4v) is 1.50. The lowest BCUT2D eigenvalue weighted by atomic mass is 10.2. The van der Waals surface area contributed by atoms with Crippen LogP contribution in [0.15, 0.2) is 18.2 Å². The Hall–Kier alpha value is -1.55. The van der Waals surface area contributed by atoms with Crippen molar-refractivity contribution < 1.29 is 19.0 Å². The van der Waals surface area contributed by atoms with Gasteiger partial charge >= 0.3 is 5.97 Å². The van der Waals surface area contributed by atoms with Crippen LogP contribution in [0.25, 0.3) is 0 Å². The number of ether oxygens (including phenoxy) is 3. The highest BCUT2D eigenvalue weighted by Crippen LogP contribution is 2.28. The molecule has 0 aromatic heterocycles. The maximum Gasteiger partial charge on any atom is 0.311 e. The van der Waals surface area contributed by atoms with E-state index in [4.69, 9.17) is 14.2 Å². The Bertz CT molecular complexity index is 387. The standard InChI is InChI=1S/C14H20O4/c1-4-17-9-5-6-14(15)18-12-8-7-11(2)10-13(12)16-3/h7-8,10H,4-6,9H2,1-3H3. The van der Waals surface area contributed by atoms with E-state index in [1.807, 2.05) is 26.0 Å². The van der Waals surface area contributed by atoms with Gasteiger partial charge in [0.15, 0.2) is 11.5 Å². The summed E-state index contributed by atoms with van der Waals surface area (Å²) in [4.78, 5) is 11.6. The predicted molar refractivity (Wildman–Crippen MR) is 69.1 cm³/mol. The fourth-order valence-electron chi connectivity index (χ4n) is 1.50. The molecule has 0 saturated carbocycles. The van der Waals surface area contributed by atoms with Gasteiger partial charge in [-0.3, -0.25) is 4.79 Å². The molecule has 0 N–H and O–H groups in total. The van der Waals surface area contributed by atoms with Gasteiger partial charge in [-0.25, -0.2) is 0 Å². The van der Waals surface area contributed by atoms with Crippen LogP contribution >= 0.6 is 0 Å². The Labute approximate surface area is 108 Å². The molecule has 1 aromatic carbocycles. The van der Waals surface area contributed by atoms with Gasteiger partial charge in [-0.2, -0.15) is 0 Å². The SMILES string of the molecule is CCOCCCC(=O)Oc1ccc(C)cc1OC. The number of rotatable bonds is 7. The van der Waals surface area contributed by atoms with Crippen LogP contribution in [0, 0.1) is 6.92 Å². The van der Waals surface area contributed by atoms with Crippen LogP contribution in [0.4, 0.5) is 0 Å². The van der Waals surface area contributed by atoms with Crippen LogP contribution in [0.5, 0.6) is 11.5 Å². The van der Waals surface area contributed by atoms with E-state index < -0.39 is 0 Å². The van der Waals surface area contributed by atoms with E-state index in [0.717, 1.165) is 5.56 Å². The number of esters is 1. The van der Waals surface area contributed by atoms with Gasteiger partial charge in [0.05, 0.1) is 7.11 Å². The molecule has 0 fully saturated rings. The molecule has 0 unspecified atom stereocenters. The third kappa shape index (κ3) is 4.75. The zero-order chi connectivity index (χ0) is 13.4. The van der Waals surface area contributed by atoms with E-state index in [1.165, 1.54) is 0 Å². The van der Waals surface area contributed by atoms with Gasteiger partial charge in [0.2, 0.25) is 0 Å². The monoisotopic (exact) mass is 252 g/mol. The van der Waals surface area contributed by atoms with Crippen molar-refractivity contribution >= 4 is 5.97 Å². The molecule has 0 amide bonds. The van der Waals surface area contributed by atoms with Crippen LogP contribution in [0.2, 0.25) is 0 Å². The van der Waals surface area contributed by atoms with Crippen LogP contribution in [-0.4, -0.2) is 26.3 Å². The lowest BCUT2D eigenvalue weighted by Crippen LogP contribution is -2.10. The third-order valence-corrected chi connectivity index (χ3v) is 2.42. The van der Waals surface area contributed by atoms with Crippen molar-refractivity contribution in [2.45, 2.75) is 26.7 Å². The quantitative estimate of drug-likeness (QED) is 0.425. The van der Waals surface area contributed by atoms with E-state index in [2.05, 4.69) is 0 Å². The minimum absolute atomic E-state index is 0.267. The number of carbonyl (C=O) groups is 1. The van der Waals surface area contributed by atoms with E-state index in [1.54, 1.807) is 13.2 Å². The van der Waals surface area contributed by atoms with E-state index in [-0.39, 0.29) is 5.97 Å². The summed E-state index contributed by atoms with van der Waals surface area (Å²) in [7, 11) is 1.56. The minimum atomic E-state index is -0.267. The zero-order valence-corrected chi connectivity index (χ0v) is 11.2. The highest BCUT2D eigenvalue weighted by Gasteiger charge is 2.09. The molecule has 4 nitrogen and oxygen atoms in total. The maximum atomic E-state index is 11.6. The van der Waals surface area contributed by atoms with Crippen LogP contribution in [-0.2, 0) is 9.53 Å². The number of methoxy groups -OCH3 is 1. The second kappa shape index (κ2) is 7.71. The van der Waals surface area contributed by atoms with Gasteiger partial charge in [-0.1, -0.05) is 6.07 Å². The Morgan fingerprint density at radius 1 is 1.28 bits per heavy atom. The Morgan fingerprint density at radius 3 is 2.72 bits per heavy atom. The largest absolute Gasteiger partial charge is 0.493 e. The van der Waals surface area contributed by atoms with Crippen molar-refractivity contribution in [3.05, 3.63) is 23.8 Å². The zero-order valence-electron chi connectivity index (χ0n) is 11.2. The lowest BCUT2D eigenvalue weighted by Gasteiger charge is -2.09. The molecule has 4 heteroatoms. The smallest absolute Gasteiger partial charge is 0.311 e. The van der Waals surface area contributed by atoms with Gasteiger partial charge < -0.3 is 14.2 Å². The molecule has 0 atom stereocenters. The molecule has 0 heterocycles. The van der Waals surface area contributed by atoms with E-state index in [0.29, 0.717) is 37.6 Å². The summed E-state index contributed by atoms with van der Waals surface area (Å²) in [5.41, 5.74) is 1.06. The molecule has 0 bridgehead atoms. The number of hydrogen-bond acceptors (Lipinski definition) is 4. The molecule has 1 aromatic rings. The molecule has 18 heavy (non-hydrogen) atoms. The number of aryl methyl sites for hydroxylation is 1. The summed E-state index contributed by atoms with van der Waals surface area (Å²) in [6, 6.07) is 5.46. The summed E-state index contributed by atoms with van der Waals surface area (Å²) in [6.07, 6.45) is 1.01. The third-order valence-electron chi connectivity index (χ3n) is 2.42. The van der Waals surface area contributed by atoms with Gasteiger partial charge in [-0.05, 0) is 38.0 Å². The molecule has 0 saturated heterocycles. The van der Waals surface area contributed by atoms with Crippen LogP contribution < -0.4 is 9.47 Å². The Balaban J connectivity index is 2.48. The van der Waals surface area contributed by atoms with Crippen LogP contribution in [0.1, 0.15) is 25.3 Å². The van der Waals surface area contributed by atoms with Crippen molar-refractivity contribution in [1.82, 2.24) is 0 Å². The number of hydrogen-bond donors (Lipinski definition) is 0. The molecule has 0 aliphatic heterocycles. The van der Waals surface area contributed by atoms with Crippen molar-refractivity contribution in [2.75, 3.05) is 20.3 Å².